The molecule has 1 fully saturated rings. The van der Waals surface area contributed by atoms with E-state index in [0.29, 0.717) is 16.3 Å². The smallest absolute Gasteiger partial charge is 0.187 e. The molecule has 4 rings (SSSR count). The highest BCUT2D eigenvalue weighted by Gasteiger charge is 2.45. The van der Waals surface area contributed by atoms with E-state index in [1.807, 2.05) is 5.38 Å². The van der Waals surface area contributed by atoms with Gasteiger partial charge in [0.1, 0.15) is 16.3 Å². The maximum Gasteiger partial charge on any atom is 0.187 e. The largest absolute Gasteiger partial charge is 0.397 e. The summed E-state index contributed by atoms with van der Waals surface area (Å²) in [5.74, 6) is -0.475. The van der Waals surface area contributed by atoms with E-state index in [-0.39, 0.29) is 42.3 Å². The van der Waals surface area contributed by atoms with Crippen molar-refractivity contribution in [2.45, 2.75) is 49.9 Å². The average Bonchev–Trinajstić information content (AvgIpc) is 3.27. The van der Waals surface area contributed by atoms with Gasteiger partial charge in [0.15, 0.2) is 5.78 Å². The van der Waals surface area contributed by atoms with Crippen LogP contribution in [0.5, 0.6) is 0 Å². The van der Waals surface area contributed by atoms with Crippen LogP contribution in [0.25, 0.3) is 10.7 Å². The summed E-state index contributed by atoms with van der Waals surface area (Å²) in [5, 5.41) is 33.5. The lowest BCUT2D eigenvalue weighted by Crippen LogP contribution is -2.54. The van der Waals surface area contributed by atoms with E-state index < -0.39 is 17.8 Å². The van der Waals surface area contributed by atoms with E-state index in [1.165, 1.54) is 18.3 Å². The Hall–Kier alpha value is -2.72. The van der Waals surface area contributed by atoms with Crippen molar-refractivity contribution in [3.8, 4) is 10.7 Å². The number of aliphatic hydroxyl groups excluding tert-OH is 2. The molecule has 9 heteroatoms. The standard InChI is InChI=1S/C22H24N4O4S/c1-22(30)18(28)9-12(10-19(22)29)14-4-5-24-11-13(14)8-17(27)20-15(23)2-3-16(26-20)21-25-6-7-31-21/h2-7,11-12,18-19,28-30H,8-10,23H2,1H3/t12?,18-,19+,22?. The summed E-state index contributed by atoms with van der Waals surface area (Å²) < 4.78 is 0. The first-order chi connectivity index (χ1) is 14.8. The van der Waals surface area contributed by atoms with E-state index in [1.54, 1.807) is 36.8 Å². The zero-order valence-corrected chi connectivity index (χ0v) is 17.8. The van der Waals surface area contributed by atoms with Crippen molar-refractivity contribution < 1.29 is 20.1 Å². The topological polar surface area (TPSA) is 142 Å². The number of carbonyl (C=O) groups is 1. The van der Waals surface area contributed by atoms with Crippen LogP contribution in [0, 0.1) is 0 Å². The molecule has 0 amide bonds. The fraction of sp³-hybridized carbons (Fsp3) is 0.364. The minimum Gasteiger partial charge on any atom is -0.397 e. The molecule has 0 radical (unpaired) electrons. The third-order valence-electron chi connectivity index (χ3n) is 5.94. The molecule has 0 bridgehead atoms. The molecule has 0 aromatic carbocycles. The molecule has 4 atom stereocenters. The molecule has 5 N–H and O–H groups in total. The summed E-state index contributed by atoms with van der Waals surface area (Å²) in [6.45, 7) is 1.43. The maximum atomic E-state index is 13.1. The van der Waals surface area contributed by atoms with Crippen LogP contribution in [0.3, 0.4) is 0 Å². The minimum atomic E-state index is -1.56. The Morgan fingerprint density at radius 3 is 2.65 bits per heavy atom. The molecule has 1 aliphatic rings. The van der Waals surface area contributed by atoms with Gasteiger partial charge < -0.3 is 21.1 Å². The molecule has 3 aromatic heterocycles. The number of Topliss-reactive ketones (excluding diaryl/α,β-unsaturated/α-hetero) is 1. The van der Waals surface area contributed by atoms with E-state index in [9.17, 15) is 20.1 Å². The highest BCUT2D eigenvalue weighted by Crippen LogP contribution is 2.39. The zero-order chi connectivity index (χ0) is 22.2. The Labute approximate surface area is 183 Å². The van der Waals surface area contributed by atoms with Crippen molar-refractivity contribution in [3.63, 3.8) is 0 Å². The number of aromatic nitrogens is 3. The number of hydrogen-bond acceptors (Lipinski definition) is 9. The average molecular weight is 441 g/mol. The van der Waals surface area contributed by atoms with Gasteiger partial charge in [-0.25, -0.2) is 9.97 Å². The van der Waals surface area contributed by atoms with Gasteiger partial charge in [0.2, 0.25) is 0 Å². The SMILES string of the molecule is CC1(O)[C@H](O)CC(c2ccncc2CC(=O)c2nc(-c3nccs3)ccc2N)C[C@@H]1O. The maximum absolute atomic E-state index is 13.1. The van der Waals surface area contributed by atoms with E-state index in [4.69, 9.17) is 5.73 Å². The number of nitrogens with two attached hydrogens (primary N) is 1. The number of ketones is 1. The van der Waals surface area contributed by atoms with Crippen LogP contribution in [-0.2, 0) is 6.42 Å². The quantitative estimate of drug-likeness (QED) is 0.441. The Morgan fingerprint density at radius 1 is 1.23 bits per heavy atom. The van der Waals surface area contributed by atoms with Gasteiger partial charge >= 0.3 is 0 Å². The number of carbonyl (C=O) groups excluding carboxylic acids is 1. The second-order valence-electron chi connectivity index (χ2n) is 8.07. The normalized spacial score (nSPS) is 26.0. The van der Waals surface area contributed by atoms with E-state index in [2.05, 4.69) is 15.0 Å². The van der Waals surface area contributed by atoms with E-state index in [0.717, 1.165) is 5.56 Å². The van der Waals surface area contributed by atoms with Gasteiger partial charge in [-0.2, -0.15) is 0 Å². The third-order valence-corrected chi connectivity index (χ3v) is 6.73. The number of hydrogen-bond donors (Lipinski definition) is 4. The van der Waals surface area contributed by atoms with Crippen molar-refractivity contribution in [2.24, 2.45) is 0 Å². The number of anilines is 1. The van der Waals surface area contributed by atoms with Gasteiger partial charge in [0.05, 0.1) is 23.6 Å². The van der Waals surface area contributed by atoms with Gasteiger partial charge in [0, 0.05) is 30.4 Å². The summed E-state index contributed by atoms with van der Waals surface area (Å²) in [6.07, 6.45) is 3.32. The van der Waals surface area contributed by atoms with E-state index >= 15 is 0 Å². The summed E-state index contributed by atoms with van der Waals surface area (Å²) in [6, 6.07) is 5.17. The molecular formula is C22H24N4O4S. The van der Waals surface area contributed by atoms with Crippen molar-refractivity contribution in [1.82, 2.24) is 15.0 Å². The van der Waals surface area contributed by atoms with Gasteiger partial charge in [-0.05, 0) is 55.0 Å². The number of nitrogens with zero attached hydrogens (tertiary/aromatic N) is 3. The molecule has 3 aromatic rings. The van der Waals surface area contributed by atoms with Crippen LogP contribution in [0.15, 0.2) is 42.2 Å². The number of pyridine rings is 2. The molecule has 0 spiro atoms. The molecule has 2 unspecified atom stereocenters. The zero-order valence-electron chi connectivity index (χ0n) is 17.0. The molecule has 1 saturated carbocycles. The Kier molecular flexibility index (Phi) is 5.85. The summed E-state index contributed by atoms with van der Waals surface area (Å²) >= 11 is 1.42. The highest BCUT2D eigenvalue weighted by molar-refractivity contribution is 7.13. The first-order valence-electron chi connectivity index (χ1n) is 9.98. The van der Waals surface area contributed by atoms with Gasteiger partial charge in [-0.15, -0.1) is 11.3 Å². The lowest BCUT2D eigenvalue weighted by Gasteiger charge is -2.42. The van der Waals surface area contributed by atoms with Gasteiger partial charge in [-0.3, -0.25) is 9.78 Å². The van der Waals surface area contributed by atoms with Crippen molar-refractivity contribution >= 4 is 22.8 Å². The lowest BCUT2D eigenvalue weighted by atomic mass is 9.72. The monoisotopic (exact) mass is 440 g/mol. The van der Waals surface area contributed by atoms with Crippen LogP contribution in [0.4, 0.5) is 5.69 Å². The van der Waals surface area contributed by atoms with Crippen LogP contribution < -0.4 is 5.73 Å². The van der Waals surface area contributed by atoms with Crippen molar-refractivity contribution in [2.75, 3.05) is 5.73 Å². The van der Waals surface area contributed by atoms with Crippen LogP contribution in [0.1, 0.15) is 47.3 Å². The van der Waals surface area contributed by atoms with Crippen molar-refractivity contribution in [1.29, 1.82) is 0 Å². The summed E-state index contributed by atoms with van der Waals surface area (Å²) in [7, 11) is 0. The number of aliphatic hydroxyl groups is 3. The van der Waals surface area contributed by atoms with Crippen LogP contribution in [0.2, 0.25) is 0 Å². The molecule has 31 heavy (non-hydrogen) atoms. The fourth-order valence-electron chi connectivity index (χ4n) is 3.99. The molecule has 162 valence electrons. The molecular weight excluding hydrogens is 416 g/mol. The van der Waals surface area contributed by atoms with Crippen LogP contribution in [-0.4, -0.2) is 53.9 Å². The molecule has 8 nitrogen and oxygen atoms in total. The first kappa shape index (κ1) is 21.5. The molecule has 3 heterocycles. The third kappa shape index (κ3) is 4.22. The van der Waals surface area contributed by atoms with Gasteiger partial charge in [-0.1, -0.05) is 0 Å². The molecule has 0 saturated heterocycles. The minimum absolute atomic E-state index is 0.0286. The molecule has 1 aliphatic carbocycles. The predicted octanol–water partition coefficient (Wildman–Crippen LogP) is 1.96. The Balaban J connectivity index is 1.60. The summed E-state index contributed by atoms with van der Waals surface area (Å²) in [4.78, 5) is 25.9. The summed E-state index contributed by atoms with van der Waals surface area (Å²) in [5.41, 5.74) is 7.01. The van der Waals surface area contributed by atoms with Crippen LogP contribution >= 0.6 is 11.3 Å². The van der Waals surface area contributed by atoms with Crippen molar-refractivity contribution in [3.05, 3.63) is 59.0 Å². The second-order valence-corrected chi connectivity index (χ2v) is 8.97. The second kappa shape index (κ2) is 8.43. The number of thiazole rings is 1. The van der Waals surface area contributed by atoms with Gasteiger partial charge in [0.25, 0.3) is 0 Å². The first-order valence-corrected chi connectivity index (χ1v) is 10.9. The predicted molar refractivity (Wildman–Crippen MR) is 117 cm³/mol. The highest BCUT2D eigenvalue weighted by atomic mass is 32.1. The number of nitrogen functional groups attached to an aromatic ring is 1. The Bertz CT molecular complexity index is 1070. The lowest BCUT2D eigenvalue weighted by molar-refractivity contribution is -0.160. The fourth-order valence-corrected chi connectivity index (χ4v) is 4.60. The number of rotatable bonds is 5. The molecule has 0 aliphatic heterocycles. The Morgan fingerprint density at radius 2 is 1.97 bits per heavy atom.